The van der Waals surface area contributed by atoms with Crippen molar-refractivity contribution in [2.45, 2.75) is 6.92 Å². The molecule has 0 bridgehead atoms. The van der Waals surface area contributed by atoms with Gasteiger partial charge in [-0.05, 0) is 0 Å². The molecule has 0 heterocycles. The van der Waals surface area contributed by atoms with Gasteiger partial charge in [0.1, 0.15) is 0 Å². The zero-order chi connectivity index (χ0) is 9.71. The summed E-state index contributed by atoms with van der Waals surface area (Å²) in [7, 11) is -8.29. The maximum atomic E-state index is 9.69. The van der Waals surface area contributed by atoms with Crippen LogP contribution in [-0.4, -0.2) is 30.6 Å². The van der Waals surface area contributed by atoms with Crippen LogP contribution < -0.4 is 29.6 Å². The van der Waals surface area contributed by atoms with Gasteiger partial charge in [-0.25, -0.2) is 4.57 Å². The standard InChI is InChI=1S/C2H7O3P.Na.H3O4P.H/c1-2-6(3,4)5;;1-5(2,3)4;/h2H2,1H3,(H2,3,4,5);;(H3,1,2,3,4);/q;+1;;-1. The van der Waals surface area contributed by atoms with Crippen LogP contribution in [0.4, 0.5) is 0 Å². The van der Waals surface area contributed by atoms with Gasteiger partial charge in [0.25, 0.3) is 0 Å². The molecule has 0 unspecified atom stereocenters. The topological polar surface area (TPSA) is 135 Å². The summed E-state index contributed by atoms with van der Waals surface area (Å²) in [5.74, 6) is 0. The smallest absolute Gasteiger partial charge is 1.00 e. The van der Waals surface area contributed by atoms with Crippen molar-refractivity contribution in [2.75, 3.05) is 6.16 Å². The van der Waals surface area contributed by atoms with Gasteiger partial charge in [-0.2, -0.15) is 0 Å². The SMILES string of the molecule is CCP(=O)(O)O.O=P(O)(O)O.[H-].[Na+]. The zero-order valence-corrected chi connectivity index (χ0v) is 10.4. The summed E-state index contributed by atoms with van der Waals surface area (Å²) in [6, 6.07) is 0. The van der Waals surface area contributed by atoms with E-state index in [9.17, 15) is 4.57 Å². The molecule has 0 aromatic carbocycles. The third-order valence-electron chi connectivity index (χ3n) is 0.412. The first-order valence-corrected chi connectivity index (χ1v) is 5.75. The van der Waals surface area contributed by atoms with Crippen LogP contribution in [-0.2, 0) is 9.13 Å². The molecule has 0 aliphatic carbocycles. The van der Waals surface area contributed by atoms with E-state index in [1.54, 1.807) is 0 Å². The van der Waals surface area contributed by atoms with Crippen molar-refractivity contribution < 1.29 is 64.6 Å². The largest absolute Gasteiger partial charge is 1.00 e. The molecule has 0 aliphatic heterocycles. The van der Waals surface area contributed by atoms with Crippen LogP contribution in [0.25, 0.3) is 0 Å². The molecule has 10 heteroatoms. The molecule has 0 amide bonds. The normalized spacial score (nSPS) is 10.8. The zero-order valence-electron chi connectivity index (χ0n) is 7.65. The second-order valence-corrected chi connectivity index (χ2v) is 4.48. The molecule has 0 spiro atoms. The summed E-state index contributed by atoms with van der Waals surface area (Å²) in [4.78, 5) is 37.4. The minimum Gasteiger partial charge on any atom is -1.00 e. The van der Waals surface area contributed by atoms with E-state index in [4.69, 9.17) is 29.0 Å². The van der Waals surface area contributed by atoms with Crippen molar-refractivity contribution in [2.24, 2.45) is 0 Å². The fourth-order valence-corrected chi connectivity index (χ4v) is 0. The fraction of sp³-hybridized carbons (Fsp3) is 1.00. The van der Waals surface area contributed by atoms with Crippen molar-refractivity contribution >= 4 is 15.4 Å². The van der Waals surface area contributed by atoms with Crippen LogP contribution in [0.3, 0.4) is 0 Å². The van der Waals surface area contributed by atoms with Crippen LogP contribution in [0.1, 0.15) is 8.35 Å². The fourth-order valence-electron chi connectivity index (χ4n) is 0. The van der Waals surface area contributed by atoms with E-state index in [-0.39, 0.29) is 37.1 Å². The van der Waals surface area contributed by atoms with Gasteiger partial charge in [0.05, 0.1) is 0 Å². The van der Waals surface area contributed by atoms with Gasteiger partial charge in [0, 0.05) is 6.16 Å². The molecule has 0 saturated heterocycles. The van der Waals surface area contributed by atoms with E-state index in [0.29, 0.717) is 0 Å². The van der Waals surface area contributed by atoms with E-state index in [2.05, 4.69) is 0 Å². The van der Waals surface area contributed by atoms with Crippen LogP contribution in [0.5, 0.6) is 0 Å². The van der Waals surface area contributed by atoms with Crippen LogP contribution in [0.15, 0.2) is 0 Å². The van der Waals surface area contributed by atoms with E-state index < -0.39 is 15.4 Å². The second kappa shape index (κ2) is 7.64. The molecule has 0 atom stereocenters. The van der Waals surface area contributed by atoms with Gasteiger partial charge in [-0.1, -0.05) is 6.92 Å². The minimum atomic E-state index is -4.64. The molecule has 0 fully saturated rings. The molecule has 0 radical (unpaired) electrons. The van der Waals surface area contributed by atoms with Crippen LogP contribution in [0, 0.1) is 0 Å². The van der Waals surface area contributed by atoms with Crippen molar-refractivity contribution in [1.82, 2.24) is 0 Å². The predicted octanol–water partition coefficient (Wildman–Crippen LogP) is -3.63. The molecule has 0 aromatic heterocycles. The molecule has 0 saturated carbocycles. The molecule has 12 heavy (non-hydrogen) atoms. The van der Waals surface area contributed by atoms with Crippen molar-refractivity contribution in [3.05, 3.63) is 0 Å². The first kappa shape index (κ1) is 18.9. The van der Waals surface area contributed by atoms with Gasteiger partial charge >= 0.3 is 45.0 Å². The summed E-state index contributed by atoms with van der Waals surface area (Å²) in [6.45, 7) is 1.45. The molecule has 72 valence electrons. The number of rotatable bonds is 1. The van der Waals surface area contributed by atoms with E-state index in [1.807, 2.05) is 0 Å². The van der Waals surface area contributed by atoms with E-state index in [1.165, 1.54) is 6.92 Å². The molecule has 0 aliphatic rings. The Morgan fingerprint density at radius 3 is 1.17 bits per heavy atom. The Kier molecular flexibility index (Phi) is 12.1. The molecular formula is C2H11NaO7P2. The van der Waals surface area contributed by atoms with Gasteiger partial charge in [-0.3, -0.25) is 4.57 Å². The van der Waals surface area contributed by atoms with Crippen LogP contribution in [0.2, 0.25) is 0 Å². The molecule has 0 rings (SSSR count). The Labute approximate surface area is 93.0 Å². The van der Waals surface area contributed by atoms with E-state index >= 15 is 0 Å². The third kappa shape index (κ3) is 65.3. The van der Waals surface area contributed by atoms with Gasteiger partial charge in [-0.15, -0.1) is 0 Å². The molecule has 7 nitrogen and oxygen atoms in total. The quantitative estimate of drug-likeness (QED) is 0.232. The summed E-state index contributed by atoms with van der Waals surface area (Å²) in [5.41, 5.74) is 0. The monoisotopic (exact) mass is 232 g/mol. The number of hydrogen-bond acceptors (Lipinski definition) is 2. The first-order chi connectivity index (χ1) is 4.56. The van der Waals surface area contributed by atoms with Crippen molar-refractivity contribution in [1.29, 1.82) is 0 Å². The van der Waals surface area contributed by atoms with E-state index in [0.717, 1.165) is 0 Å². The Morgan fingerprint density at radius 1 is 1.08 bits per heavy atom. The van der Waals surface area contributed by atoms with Crippen molar-refractivity contribution in [3.8, 4) is 0 Å². The molecule has 5 N–H and O–H groups in total. The first-order valence-electron chi connectivity index (χ1n) is 2.39. The Balaban J connectivity index is -0.0000000546. The molecule has 0 aromatic rings. The Morgan fingerprint density at radius 2 is 1.17 bits per heavy atom. The molecular weight excluding hydrogens is 221 g/mol. The second-order valence-electron chi connectivity index (χ2n) is 1.49. The van der Waals surface area contributed by atoms with Gasteiger partial charge in [0.15, 0.2) is 0 Å². The average Bonchev–Trinajstić information content (AvgIpc) is 1.59. The summed E-state index contributed by atoms with van der Waals surface area (Å²) in [5, 5.41) is 0. The predicted molar refractivity (Wildman–Crippen MR) is 38.0 cm³/mol. The third-order valence-corrected chi connectivity index (χ3v) is 1.24. The summed E-state index contributed by atoms with van der Waals surface area (Å²) >= 11 is 0. The van der Waals surface area contributed by atoms with Crippen molar-refractivity contribution in [3.63, 3.8) is 0 Å². The average molecular weight is 232 g/mol. The van der Waals surface area contributed by atoms with Gasteiger partial charge < -0.3 is 25.9 Å². The Bertz CT molecular complexity index is 177. The number of hydrogen-bond donors (Lipinski definition) is 5. The number of phosphoric acid groups is 1. The summed E-state index contributed by atoms with van der Waals surface area (Å²) in [6.07, 6.45) is -0.0625. The Hall–Kier alpha value is 1.26. The maximum Gasteiger partial charge on any atom is 1.00 e. The maximum absolute atomic E-state index is 9.69. The summed E-state index contributed by atoms with van der Waals surface area (Å²) < 4.78 is 18.6. The van der Waals surface area contributed by atoms with Gasteiger partial charge in [0.2, 0.25) is 0 Å². The minimum absolute atomic E-state index is 0. The van der Waals surface area contributed by atoms with Crippen LogP contribution >= 0.6 is 15.4 Å².